The van der Waals surface area contributed by atoms with E-state index in [1.165, 1.54) is 31.5 Å². The largest absolute Gasteiger partial charge is 0.496 e. The van der Waals surface area contributed by atoms with Gasteiger partial charge in [-0.2, -0.15) is 0 Å². The smallest absolute Gasteiger partial charge is 0.241 e. The standard InChI is InChI=1S/C21H28N2O3S/c1-16-13-21(17(2)12-20(16)26-3)27(24,25)22-14-18-6-8-19(9-7-18)15-23-10-4-5-11-23/h6-9,12-13,22H,4-5,10-11,14-15H2,1-3H3. The third kappa shape index (κ3) is 4.89. The van der Waals surface area contributed by atoms with Crippen LogP contribution in [0, 0.1) is 13.8 Å². The second kappa shape index (κ2) is 8.42. The van der Waals surface area contributed by atoms with E-state index in [1.807, 2.05) is 19.1 Å². The summed E-state index contributed by atoms with van der Waals surface area (Å²) in [5, 5.41) is 0. The number of benzene rings is 2. The van der Waals surface area contributed by atoms with Gasteiger partial charge in [0, 0.05) is 13.1 Å². The summed E-state index contributed by atoms with van der Waals surface area (Å²) in [6, 6.07) is 11.6. The second-order valence-electron chi connectivity index (χ2n) is 7.21. The van der Waals surface area contributed by atoms with Gasteiger partial charge in [0.2, 0.25) is 10.0 Å². The van der Waals surface area contributed by atoms with Crippen molar-refractivity contribution in [1.82, 2.24) is 9.62 Å². The summed E-state index contributed by atoms with van der Waals surface area (Å²) in [5.74, 6) is 0.694. The van der Waals surface area contributed by atoms with Gasteiger partial charge < -0.3 is 4.74 Å². The van der Waals surface area contributed by atoms with E-state index in [-0.39, 0.29) is 6.54 Å². The Balaban J connectivity index is 1.65. The molecule has 0 radical (unpaired) electrons. The summed E-state index contributed by atoms with van der Waals surface area (Å²) in [6.45, 7) is 7.21. The van der Waals surface area contributed by atoms with Crippen LogP contribution in [-0.4, -0.2) is 33.5 Å². The summed E-state index contributed by atoms with van der Waals surface area (Å²) in [7, 11) is -1.99. The van der Waals surface area contributed by atoms with E-state index in [0.717, 1.165) is 17.7 Å². The minimum absolute atomic E-state index is 0.275. The van der Waals surface area contributed by atoms with Crippen molar-refractivity contribution in [3.05, 3.63) is 58.7 Å². The van der Waals surface area contributed by atoms with Crippen molar-refractivity contribution in [2.75, 3.05) is 20.2 Å². The van der Waals surface area contributed by atoms with E-state index in [9.17, 15) is 8.42 Å². The highest BCUT2D eigenvalue weighted by Crippen LogP contribution is 2.25. The Labute approximate surface area is 162 Å². The summed E-state index contributed by atoms with van der Waals surface area (Å²) in [6.07, 6.45) is 2.56. The monoisotopic (exact) mass is 388 g/mol. The van der Waals surface area contributed by atoms with Crippen LogP contribution < -0.4 is 9.46 Å². The Morgan fingerprint density at radius 1 is 1.00 bits per heavy atom. The van der Waals surface area contributed by atoms with Crippen LogP contribution in [0.4, 0.5) is 0 Å². The lowest BCUT2D eigenvalue weighted by Crippen LogP contribution is -2.24. The molecule has 0 saturated carbocycles. The van der Waals surface area contributed by atoms with Crippen LogP contribution >= 0.6 is 0 Å². The van der Waals surface area contributed by atoms with Crippen molar-refractivity contribution in [3.63, 3.8) is 0 Å². The zero-order chi connectivity index (χ0) is 19.4. The average Bonchev–Trinajstić information content (AvgIpc) is 3.15. The number of likely N-dealkylation sites (tertiary alicyclic amines) is 1. The number of sulfonamides is 1. The average molecular weight is 389 g/mol. The molecule has 27 heavy (non-hydrogen) atoms. The van der Waals surface area contributed by atoms with Gasteiger partial charge in [0.25, 0.3) is 0 Å². The first-order chi connectivity index (χ1) is 12.9. The highest BCUT2D eigenvalue weighted by Gasteiger charge is 2.18. The molecule has 3 rings (SSSR count). The van der Waals surface area contributed by atoms with Crippen LogP contribution in [0.25, 0.3) is 0 Å². The number of nitrogens with zero attached hydrogens (tertiary/aromatic N) is 1. The molecular formula is C21H28N2O3S. The van der Waals surface area contributed by atoms with Crippen molar-refractivity contribution < 1.29 is 13.2 Å². The van der Waals surface area contributed by atoms with Crippen molar-refractivity contribution in [2.45, 2.75) is 44.7 Å². The number of hydrogen-bond donors (Lipinski definition) is 1. The molecule has 0 bridgehead atoms. The maximum Gasteiger partial charge on any atom is 0.241 e. The lowest BCUT2D eigenvalue weighted by atomic mass is 10.1. The number of aryl methyl sites for hydroxylation is 2. The minimum Gasteiger partial charge on any atom is -0.496 e. The predicted molar refractivity (Wildman–Crippen MR) is 107 cm³/mol. The predicted octanol–water partition coefficient (Wildman–Crippen LogP) is 3.39. The molecule has 146 valence electrons. The number of nitrogens with one attached hydrogen (secondary N) is 1. The van der Waals surface area contributed by atoms with Gasteiger partial charge >= 0.3 is 0 Å². The van der Waals surface area contributed by atoms with Gasteiger partial charge in [-0.25, -0.2) is 13.1 Å². The Morgan fingerprint density at radius 3 is 2.26 bits per heavy atom. The Kier molecular flexibility index (Phi) is 6.19. The third-order valence-electron chi connectivity index (χ3n) is 5.08. The molecule has 2 aromatic carbocycles. The molecule has 1 heterocycles. The van der Waals surface area contributed by atoms with E-state index in [1.54, 1.807) is 26.2 Å². The van der Waals surface area contributed by atoms with Gasteiger partial charge in [0.1, 0.15) is 5.75 Å². The number of rotatable bonds is 7. The molecule has 0 aliphatic carbocycles. The van der Waals surface area contributed by atoms with Crippen LogP contribution in [-0.2, 0) is 23.1 Å². The number of hydrogen-bond acceptors (Lipinski definition) is 4. The number of methoxy groups -OCH3 is 1. The number of ether oxygens (including phenoxy) is 1. The van der Waals surface area contributed by atoms with E-state index in [2.05, 4.69) is 21.8 Å². The first-order valence-electron chi connectivity index (χ1n) is 9.34. The maximum atomic E-state index is 12.7. The Bertz CT molecular complexity index is 886. The molecule has 0 atom stereocenters. The molecule has 2 aromatic rings. The summed E-state index contributed by atoms with van der Waals surface area (Å²) >= 11 is 0. The fraction of sp³-hybridized carbons (Fsp3) is 0.429. The van der Waals surface area contributed by atoms with Gasteiger partial charge in [-0.1, -0.05) is 24.3 Å². The maximum absolute atomic E-state index is 12.7. The first-order valence-corrected chi connectivity index (χ1v) is 10.8. The topological polar surface area (TPSA) is 58.6 Å². The molecule has 1 saturated heterocycles. The fourth-order valence-corrected chi connectivity index (χ4v) is 4.82. The quantitative estimate of drug-likeness (QED) is 0.790. The van der Waals surface area contributed by atoms with E-state index >= 15 is 0 Å². The van der Waals surface area contributed by atoms with E-state index in [4.69, 9.17) is 4.74 Å². The van der Waals surface area contributed by atoms with Gasteiger partial charge in [-0.05, 0) is 74.2 Å². The van der Waals surface area contributed by atoms with Crippen molar-refractivity contribution >= 4 is 10.0 Å². The van der Waals surface area contributed by atoms with Gasteiger partial charge in [0.15, 0.2) is 0 Å². The normalized spacial score (nSPS) is 15.2. The first kappa shape index (κ1) is 19.9. The van der Waals surface area contributed by atoms with Crippen LogP contribution in [0.3, 0.4) is 0 Å². The third-order valence-corrected chi connectivity index (χ3v) is 6.62. The second-order valence-corrected chi connectivity index (χ2v) is 8.95. The van der Waals surface area contributed by atoms with E-state index < -0.39 is 10.0 Å². The zero-order valence-electron chi connectivity index (χ0n) is 16.3. The van der Waals surface area contributed by atoms with Crippen LogP contribution in [0.1, 0.15) is 35.1 Å². The molecule has 1 N–H and O–H groups in total. The molecule has 5 nitrogen and oxygen atoms in total. The highest BCUT2D eigenvalue weighted by molar-refractivity contribution is 7.89. The van der Waals surface area contributed by atoms with Crippen molar-refractivity contribution in [3.8, 4) is 5.75 Å². The molecule has 0 amide bonds. The summed E-state index contributed by atoms with van der Waals surface area (Å²) < 4.78 is 33.4. The van der Waals surface area contributed by atoms with Crippen LogP contribution in [0.5, 0.6) is 5.75 Å². The minimum atomic E-state index is -3.58. The summed E-state index contributed by atoms with van der Waals surface area (Å²) in [5.41, 5.74) is 3.69. The molecule has 6 heteroatoms. The fourth-order valence-electron chi connectivity index (χ4n) is 3.49. The molecule has 1 aliphatic rings. The SMILES string of the molecule is COc1cc(C)c(S(=O)(=O)NCc2ccc(CN3CCCC3)cc2)cc1C. The van der Waals surface area contributed by atoms with E-state index in [0.29, 0.717) is 16.2 Å². The molecule has 0 unspecified atom stereocenters. The Hall–Kier alpha value is -1.89. The van der Waals surface area contributed by atoms with Crippen molar-refractivity contribution in [1.29, 1.82) is 0 Å². The summed E-state index contributed by atoms with van der Waals surface area (Å²) in [4.78, 5) is 2.75. The van der Waals surface area contributed by atoms with Crippen LogP contribution in [0.15, 0.2) is 41.3 Å². The lowest BCUT2D eigenvalue weighted by molar-refractivity contribution is 0.331. The zero-order valence-corrected chi connectivity index (χ0v) is 17.1. The molecule has 0 aromatic heterocycles. The van der Waals surface area contributed by atoms with Gasteiger partial charge in [-0.3, -0.25) is 4.90 Å². The molecule has 1 fully saturated rings. The van der Waals surface area contributed by atoms with Gasteiger partial charge in [0.05, 0.1) is 12.0 Å². The Morgan fingerprint density at radius 2 is 1.63 bits per heavy atom. The lowest BCUT2D eigenvalue weighted by Gasteiger charge is -2.15. The highest BCUT2D eigenvalue weighted by atomic mass is 32.2. The molecule has 0 spiro atoms. The van der Waals surface area contributed by atoms with Crippen molar-refractivity contribution in [2.24, 2.45) is 0 Å². The van der Waals surface area contributed by atoms with Gasteiger partial charge in [-0.15, -0.1) is 0 Å². The van der Waals surface area contributed by atoms with Crippen LogP contribution in [0.2, 0.25) is 0 Å². The molecular weight excluding hydrogens is 360 g/mol. The molecule has 1 aliphatic heterocycles.